The summed E-state index contributed by atoms with van der Waals surface area (Å²) in [6.45, 7) is 5.65. The van der Waals surface area contributed by atoms with E-state index in [2.05, 4.69) is 19.2 Å². The van der Waals surface area contributed by atoms with Crippen LogP contribution in [0, 0.1) is 5.92 Å². The molecular formula is C14H27NO. The van der Waals surface area contributed by atoms with Crippen molar-refractivity contribution in [3.63, 3.8) is 0 Å². The lowest BCUT2D eigenvalue weighted by Gasteiger charge is -2.19. The van der Waals surface area contributed by atoms with Gasteiger partial charge in [0, 0.05) is 12.6 Å². The molecular weight excluding hydrogens is 198 g/mol. The Bertz CT molecular complexity index is 207. The largest absolute Gasteiger partial charge is 0.374 e. The molecule has 0 amide bonds. The number of hydrogen-bond acceptors (Lipinski definition) is 2. The average molecular weight is 225 g/mol. The minimum atomic E-state index is 0.482. The van der Waals surface area contributed by atoms with Crippen molar-refractivity contribution < 1.29 is 4.74 Å². The Balaban J connectivity index is 1.65. The molecule has 94 valence electrons. The van der Waals surface area contributed by atoms with Gasteiger partial charge in [0.05, 0.1) is 12.2 Å². The van der Waals surface area contributed by atoms with Gasteiger partial charge in [-0.2, -0.15) is 0 Å². The molecule has 1 heterocycles. The van der Waals surface area contributed by atoms with Gasteiger partial charge in [-0.15, -0.1) is 0 Å². The second-order valence-corrected chi connectivity index (χ2v) is 5.86. The molecule has 1 saturated heterocycles. The molecule has 0 aromatic heterocycles. The van der Waals surface area contributed by atoms with E-state index < -0.39 is 0 Å². The number of nitrogens with one attached hydrogen (secondary N) is 1. The molecule has 4 unspecified atom stereocenters. The van der Waals surface area contributed by atoms with Gasteiger partial charge in [0.15, 0.2) is 0 Å². The fraction of sp³-hybridized carbons (Fsp3) is 1.00. The van der Waals surface area contributed by atoms with E-state index >= 15 is 0 Å². The average Bonchev–Trinajstić information content (AvgIpc) is 2.56. The van der Waals surface area contributed by atoms with E-state index in [9.17, 15) is 0 Å². The zero-order chi connectivity index (χ0) is 11.4. The first kappa shape index (κ1) is 12.4. The van der Waals surface area contributed by atoms with Gasteiger partial charge in [0.2, 0.25) is 0 Å². The van der Waals surface area contributed by atoms with Crippen molar-refractivity contribution in [2.24, 2.45) is 5.92 Å². The summed E-state index contributed by atoms with van der Waals surface area (Å²) in [5.74, 6) is 0.939. The van der Waals surface area contributed by atoms with Crippen LogP contribution in [0.3, 0.4) is 0 Å². The lowest BCUT2D eigenvalue weighted by atomic mass is 10.0. The Morgan fingerprint density at radius 1 is 1.00 bits per heavy atom. The lowest BCUT2D eigenvalue weighted by Crippen LogP contribution is -2.35. The third-order valence-electron chi connectivity index (χ3n) is 4.21. The van der Waals surface area contributed by atoms with Crippen molar-refractivity contribution >= 4 is 0 Å². The van der Waals surface area contributed by atoms with Gasteiger partial charge < -0.3 is 10.1 Å². The molecule has 1 aliphatic heterocycles. The first-order valence-electron chi connectivity index (χ1n) is 7.13. The molecule has 0 aromatic carbocycles. The van der Waals surface area contributed by atoms with Crippen LogP contribution >= 0.6 is 0 Å². The molecule has 16 heavy (non-hydrogen) atoms. The predicted molar refractivity (Wildman–Crippen MR) is 67.6 cm³/mol. The van der Waals surface area contributed by atoms with Crippen LogP contribution in [0.1, 0.15) is 58.8 Å². The van der Waals surface area contributed by atoms with Crippen LogP contribution < -0.4 is 5.32 Å². The Morgan fingerprint density at radius 3 is 2.62 bits per heavy atom. The molecule has 1 N–H and O–H groups in total. The standard InChI is InChI=1S/C14H27NO/c1-11-4-3-5-13(8-6-11)15-10-14-9-7-12(2)16-14/h11-15H,3-10H2,1-2H3. The van der Waals surface area contributed by atoms with Crippen LogP contribution in [0.25, 0.3) is 0 Å². The molecule has 1 aliphatic carbocycles. The molecule has 2 fully saturated rings. The second kappa shape index (κ2) is 6.02. The lowest BCUT2D eigenvalue weighted by molar-refractivity contribution is 0.0540. The molecule has 0 radical (unpaired) electrons. The van der Waals surface area contributed by atoms with Gasteiger partial charge in [-0.25, -0.2) is 0 Å². The molecule has 4 atom stereocenters. The summed E-state index contributed by atoms with van der Waals surface area (Å²) in [6.07, 6.45) is 10.4. The van der Waals surface area contributed by atoms with Gasteiger partial charge in [-0.1, -0.05) is 19.8 Å². The van der Waals surface area contributed by atoms with Crippen LogP contribution in [0.15, 0.2) is 0 Å². The van der Waals surface area contributed by atoms with Crippen LogP contribution in [0.2, 0.25) is 0 Å². The zero-order valence-corrected chi connectivity index (χ0v) is 10.9. The van der Waals surface area contributed by atoms with Crippen molar-refractivity contribution in [2.45, 2.75) is 77.0 Å². The number of ether oxygens (including phenoxy) is 1. The summed E-state index contributed by atoms with van der Waals surface area (Å²) < 4.78 is 5.84. The summed E-state index contributed by atoms with van der Waals surface area (Å²) >= 11 is 0. The Labute approximate surface area is 100 Å². The monoisotopic (exact) mass is 225 g/mol. The highest BCUT2D eigenvalue weighted by Gasteiger charge is 2.23. The molecule has 2 rings (SSSR count). The predicted octanol–water partition coefficient (Wildman–Crippen LogP) is 3.11. The van der Waals surface area contributed by atoms with E-state index in [1.165, 1.54) is 44.9 Å². The smallest absolute Gasteiger partial charge is 0.0704 e. The zero-order valence-electron chi connectivity index (χ0n) is 10.9. The van der Waals surface area contributed by atoms with Crippen molar-refractivity contribution in [3.8, 4) is 0 Å². The first-order valence-corrected chi connectivity index (χ1v) is 7.13. The third-order valence-corrected chi connectivity index (χ3v) is 4.21. The topological polar surface area (TPSA) is 21.3 Å². The van der Waals surface area contributed by atoms with Gasteiger partial charge >= 0.3 is 0 Å². The molecule has 2 nitrogen and oxygen atoms in total. The van der Waals surface area contributed by atoms with Crippen LogP contribution in [0.4, 0.5) is 0 Å². The molecule has 2 heteroatoms. The Kier molecular flexibility index (Phi) is 4.66. The molecule has 0 aromatic rings. The SMILES string of the molecule is CC1CCCC(NCC2CCC(C)O2)CC1. The van der Waals surface area contributed by atoms with Crippen molar-refractivity contribution in [1.29, 1.82) is 0 Å². The van der Waals surface area contributed by atoms with E-state index in [-0.39, 0.29) is 0 Å². The van der Waals surface area contributed by atoms with Crippen molar-refractivity contribution in [2.75, 3.05) is 6.54 Å². The van der Waals surface area contributed by atoms with E-state index in [4.69, 9.17) is 4.74 Å². The fourth-order valence-electron chi connectivity index (χ4n) is 3.02. The van der Waals surface area contributed by atoms with Gasteiger partial charge in [0.1, 0.15) is 0 Å². The highest BCUT2D eigenvalue weighted by Crippen LogP contribution is 2.23. The summed E-state index contributed by atoms with van der Waals surface area (Å²) in [5, 5.41) is 3.72. The molecule has 0 spiro atoms. The molecule has 1 saturated carbocycles. The first-order chi connectivity index (χ1) is 7.74. The van der Waals surface area contributed by atoms with Crippen molar-refractivity contribution in [3.05, 3.63) is 0 Å². The van der Waals surface area contributed by atoms with Crippen LogP contribution in [-0.2, 0) is 4.74 Å². The highest BCUT2D eigenvalue weighted by atomic mass is 16.5. The Hall–Kier alpha value is -0.0800. The number of rotatable bonds is 3. The maximum atomic E-state index is 5.84. The van der Waals surface area contributed by atoms with Crippen LogP contribution in [-0.4, -0.2) is 24.8 Å². The maximum Gasteiger partial charge on any atom is 0.0704 e. The summed E-state index contributed by atoms with van der Waals surface area (Å²) in [5.41, 5.74) is 0. The second-order valence-electron chi connectivity index (χ2n) is 5.86. The van der Waals surface area contributed by atoms with Gasteiger partial charge in [-0.3, -0.25) is 0 Å². The summed E-state index contributed by atoms with van der Waals surface area (Å²) in [6, 6.07) is 0.754. The normalized spacial score (nSPS) is 40.9. The van der Waals surface area contributed by atoms with Gasteiger partial charge in [0.25, 0.3) is 0 Å². The summed E-state index contributed by atoms with van der Waals surface area (Å²) in [4.78, 5) is 0. The van der Waals surface area contributed by atoms with Crippen molar-refractivity contribution in [1.82, 2.24) is 5.32 Å². The maximum absolute atomic E-state index is 5.84. The number of hydrogen-bond donors (Lipinski definition) is 1. The molecule has 0 bridgehead atoms. The summed E-state index contributed by atoms with van der Waals surface area (Å²) in [7, 11) is 0. The Morgan fingerprint density at radius 2 is 1.88 bits per heavy atom. The minimum Gasteiger partial charge on any atom is -0.374 e. The van der Waals surface area contributed by atoms with E-state index in [0.717, 1.165) is 18.5 Å². The van der Waals surface area contributed by atoms with E-state index in [1.807, 2.05) is 0 Å². The molecule has 2 aliphatic rings. The van der Waals surface area contributed by atoms with Crippen LogP contribution in [0.5, 0.6) is 0 Å². The minimum absolute atomic E-state index is 0.482. The highest BCUT2D eigenvalue weighted by molar-refractivity contribution is 4.78. The van der Waals surface area contributed by atoms with E-state index in [1.54, 1.807) is 0 Å². The quantitative estimate of drug-likeness (QED) is 0.745. The van der Waals surface area contributed by atoms with Gasteiger partial charge in [-0.05, 0) is 44.9 Å². The third kappa shape index (κ3) is 3.74. The fourth-order valence-corrected chi connectivity index (χ4v) is 3.02. The van der Waals surface area contributed by atoms with E-state index in [0.29, 0.717) is 12.2 Å².